The van der Waals surface area contributed by atoms with E-state index < -0.39 is 0 Å². The zero-order valence-corrected chi connectivity index (χ0v) is 20.8. The first-order valence-corrected chi connectivity index (χ1v) is 12.5. The Balaban J connectivity index is 1.44. The maximum atomic E-state index is 14.3. The van der Waals surface area contributed by atoms with Crippen molar-refractivity contribution < 1.29 is 4.39 Å². The van der Waals surface area contributed by atoms with Crippen molar-refractivity contribution in [2.45, 2.75) is 13.0 Å². The van der Waals surface area contributed by atoms with Gasteiger partial charge in [-0.2, -0.15) is 10.2 Å². The Morgan fingerprint density at radius 1 is 0.974 bits per heavy atom. The number of nitrogens with zero attached hydrogens (tertiary/aromatic N) is 8. The van der Waals surface area contributed by atoms with Crippen LogP contribution in [0.5, 0.6) is 0 Å². The van der Waals surface area contributed by atoms with Gasteiger partial charge in [0, 0.05) is 29.4 Å². The van der Waals surface area contributed by atoms with Crippen LogP contribution in [0.2, 0.25) is 0 Å². The monoisotopic (exact) mass is 522 g/mol. The molecule has 0 aliphatic carbocycles. The fourth-order valence-electron chi connectivity index (χ4n) is 4.78. The lowest BCUT2D eigenvalue weighted by Gasteiger charge is -2.11. The number of hydrogen-bond acceptors (Lipinski definition) is 9. The number of pyridine rings is 1. The van der Waals surface area contributed by atoms with Crippen molar-refractivity contribution in [2.75, 3.05) is 11.5 Å². The molecule has 0 saturated heterocycles. The molecule has 0 spiro atoms. The number of anilines is 2. The standard InChI is InChI=1S/C26H19FN10S/c1-13(22-17-4-3-15(27)11-19(17)37(34-22)16-6-8-30-9-7-16)36-25-21(24(28)31-12-32-25)23(35-36)14-2-5-20-18(10-14)33-26(29)38-20/h2-13H,1H3,(H2,29,33)(H2,28,31,32). The highest BCUT2D eigenvalue weighted by Crippen LogP contribution is 2.36. The minimum atomic E-state index is -0.379. The van der Waals surface area contributed by atoms with Crippen LogP contribution < -0.4 is 11.5 Å². The first-order chi connectivity index (χ1) is 18.5. The van der Waals surface area contributed by atoms with E-state index in [1.54, 1.807) is 27.8 Å². The summed E-state index contributed by atoms with van der Waals surface area (Å²) in [6, 6.07) is 13.8. The van der Waals surface area contributed by atoms with Gasteiger partial charge in [-0.05, 0) is 43.3 Å². The van der Waals surface area contributed by atoms with E-state index in [1.165, 1.54) is 29.8 Å². The van der Waals surface area contributed by atoms with Crippen LogP contribution in [0.4, 0.5) is 15.3 Å². The van der Waals surface area contributed by atoms with Crippen molar-refractivity contribution in [1.82, 2.24) is 39.5 Å². The predicted molar refractivity (Wildman–Crippen MR) is 145 cm³/mol. The topological polar surface area (TPSA) is 139 Å². The number of thiazole rings is 1. The zero-order valence-electron chi connectivity index (χ0n) is 19.9. The molecule has 0 fully saturated rings. The van der Waals surface area contributed by atoms with E-state index in [1.807, 2.05) is 37.3 Å². The van der Waals surface area contributed by atoms with E-state index in [0.29, 0.717) is 38.9 Å². The van der Waals surface area contributed by atoms with Crippen LogP contribution in [0.25, 0.3) is 49.1 Å². The highest BCUT2D eigenvalue weighted by molar-refractivity contribution is 7.22. The van der Waals surface area contributed by atoms with Crippen molar-refractivity contribution in [2.24, 2.45) is 0 Å². The second-order valence-electron chi connectivity index (χ2n) is 8.83. The van der Waals surface area contributed by atoms with E-state index in [0.717, 1.165) is 26.9 Å². The van der Waals surface area contributed by atoms with Crippen LogP contribution in [0.1, 0.15) is 18.7 Å². The molecule has 1 atom stereocenters. The van der Waals surface area contributed by atoms with E-state index >= 15 is 0 Å². The average molecular weight is 523 g/mol. The Bertz CT molecular complexity index is 1990. The van der Waals surface area contributed by atoms with Crippen molar-refractivity contribution in [3.63, 3.8) is 0 Å². The summed E-state index contributed by atoms with van der Waals surface area (Å²) in [5.41, 5.74) is 17.1. The molecule has 186 valence electrons. The molecule has 38 heavy (non-hydrogen) atoms. The van der Waals surface area contributed by atoms with Crippen LogP contribution in [-0.2, 0) is 0 Å². The Hall–Kier alpha value is -4.97. The third-order valence-corrected chi connectivity index (χ3v) is 7.40. The third kappa shape index (κ3) is 3.38. The number of fused-ring (bicyclic) bond motifs is 3. The van der Waals surface area contributed by atoms with Crippen LogP contribution in [0, 0.1) is 5.82 Å². The molecule has 10 nitrogen and oxygen atoms in total. The van der Waals surface area contributed by atoms with E-state index in [2.05, 4.69) is 19.9 Å². The second kappa shape index (κ2) is 8.28. The Morgan fingerprint density at radius 2 is 1.82 bits per heavy atom. The molecule has 1 unspecified atom stereocenters. The van der Waals surface area contributed by atoms with Crippen molar-refractivity contribution in [1.29, 1.82) is 0 Å². The second-order valence-corrected chi connectivity index (χ2v) is 9.89. The Labute approximate surface area is 218 Å². The van der Waals surface area contributed by atoms with Gasteiger partial charge in [-0.25, -0.2) is 28.7 Å². The van der Waals surface area contributed by atoms with Gasteiger partial charge in [-0.3, -0.25) is 4.98 Å². The fourth-order valence-corrected chi connectivity index (χ4v) is 5.49. The molecule has 0 aliphatic rings. The molecule has 0 radical (unpaired) electrons. The summed E-state index contributed by atoms with van der Waals surface area (Å²) in [6.07, 6.45) is 4.76. The highest BCUT2D eigenvalue weighted by atomic mass is 32.1. The van der Waals surface area contributed by atoms with Gasteiger partial charge in [0.2, 0.25) is 0 Å². The van der Waals surface area contributed by atoms with Gasteiger partial charge in [0.1, 0.15) is 23.7 Å². The minimum Gasteiger partial charge on any atom is -0.383 e. The summed E-state index contributed by atoms with van der Waals surface area (Å²) in [7, 11) is 0. The molecular formula is C26H19FN10S. The fraction of sp³-hybridized carbons (Fsp3) is 0.0769. The number of halogens is 1. The molecule has 7 aromatic rings. The summed E-state index contributed by atoms with van der Waals surface area (Å²) < 4.78 is 18.8. The van der Waals surface area contributed by atoms with Crippen LogP contribution >= 0.6 is 11.3 Å². The Morgan fingerprint density at radius 3 is 2.66 bits per heavy atom. The van der Waals surface area contributed by atoms with Crippen LogP contribution in [0.15, 0.2) is 67.3 Å². The number of hydrogen-bond donors (Lipinski definition) is 2. The van der Waals surface area contributed by atoms with Crippen molar-refractivity contribution in [3.8, 4) is 16.9 Å². The third-order valence-electron chi connectivity index (χ3n) is 6.54. The largest absolute Gasteiger partial charge is 0.383 e. The van der Waals surface area contributed by atoms with E-state index in [-0.39, 0.29) is 11.9 Å². The van der Waals surface area contributed by atoms with Gasteiger partial charge in [-0.15, -0.1) is 0 Å². The minimum absolute atomic E-state index is 0.315. The number of nitrogen functional groups attached to an aromatic ring is 2. The number of benzene rings is 2. The molecule has 4 N–H and O–H groups in total. The lowest BCUT2D eigenvalue weighted by molar-refractivity contribution is 0.564. The first-order valence-electron chi connectivity index (χ1n) is 11.7. The van der Waals surface area contributed by atoms with E-state index in [4.69, 9.17) is 21.7 Å². The molecule has 5 heterocycles. The smallest absolute Gasteiger partial charge is 0.181 e. The van der Waals surface area contributed by atoms with Gasteiger partial charge in [0.05, 0.1) is 38.5 Å². The molecule has 0 bridgehead atoms. The average Bonchev–Trinajstić information content (AvgIpc) is 3.61. The summed E-state index contributed by atoms with van der Waals surface area (Å²) in [6.45, 7) is 1.97. The predicted octanol–water partition coefficient (Wildman–Crippen LogP) is 4.75. The van der Waals surface area contributed by atoms with Crippen molar-refractivity contribution >= 4 is 54.4 Å². The maximum absolute atomic E-state index is 14.3. The quantitative estimate of drug-likeness (QED) is 0.338. The molecule has 5 aromatic heterocycles. The SMILES string of the molecule is CC(c1nn(-c2ccncc2)c2cc(F)ccc12)n1nc(-c2ccc3sc(N)nc3c2)c2c(N)ncnc21. The molecule has 12 heteroatoms. The highest BCUT2D eigenvalue weighted by Gasteiger charge is 2.25. The van der Waals surface area contributed by atoms with Gasteiger partial charge in [-0.1, -0.05) is 17.4 Å². The van der Waals surface area contributed by atoms with Crippen LogP contribution in [0.3, 0.4) is 0 Å². The summed E-state index contributed by atoms with van der Waals surface area (Å²) in [4.78, 5) is 17.3. The first kappa shape index (κ1) is 22.2. The van der Waals surface area contributed by atoms with Crippen LogP contribution in [-0.4, -0.2) is 39.5 Å². The van der Waals surface area contributed by atoms with Gasteiger partial charge in [0.15, 0.2) is 10.8 Å². The summed E-state index contributed by atoms with van der Waals surface area (Å²) in [5.74, 6) is -0.0344. The molecular weight excluding hydrogens is 503 g/mol. The number of rotatable bonds is 4. The maximum Gasteiger partial charge on any atom is 0.181 e. The Kier molecular flexibility index (Phi) is 4.85. The molecule has 2 aromatic carbocycles. The molecule has 7 rings (SSSR count). The lowest BCUT2D eigenvalue weighted by Crippen LogP contribution is -2.11. The normalized spacial score (nSPS) is 12.6. The van der Waals surface area contributed by atoms with E-state index in [9.17, 15) is 4.39 Å². The van der Waals surface area contributed by atoms with Gasteiger partial charge < -0.3 is 11.5 Å². The number of nitrogens with two attached hydrogens (primary N) is 2. The van der Waals surface area contributed by atoms with Gasteiger partial charge in [0.25, 0.3) is 0 Å². The van der Waals surface area contributed by atoms with Gasteiger partial charge >= 0.3 is 0 Å². The van der Waals surface area contributed by atoms with Crippen molar-refractivity contribution in [3.05, 3.63) is 78.8 Å². The summed E-state index contributed by atoms with van der Waals surface area (Å²) in [5, 5.41) is 11.8. The molecule has 0 amide bonds. The zero-order chi connectivity index (χ0) is 26.0. The number of aromatic nitrogens is 8. The molecule has 0 aliphatic heterocycles. The lowest BCUT2D eigenvalue weighted by atomic mass is 10.1. The summed E-state index contributed by atoms with van der Waals surface area (Å²) >= 11 is 1.42. The molecule has 0 saturated carbocycles.